The standard InChI is InChI=1S/C30H33N3O5/c1-36-26-10-5-9-23(19-26)27-30(20-21-7-3-2-4-8-21,29(35)33-32-24-13-14-24)31-28(38-27)22-11-15-25(16-12-22)37-18-6-17-34/h2-5,7-12,15-16,19,24,27,32,34H,6,13-14,17-18,20H2,1H3,(H,33,35)/t27-,30-/m0/s1. The molecule has 1 amide bonds. The van der Waals surface area contributed by atoms with Crippen molar-refractivity contribution in [2.75, 3.05) is 20.3 Å². The monoisotopic (exact) mass is 515 g/mol. The van der Waals surface area contributed by atoms with E-state index in [1.165, 1.54) is 0 Å². The number of aliphatic hydroxyl groups excluding tert-OH is 1. The molecule has 8 nitrogen and oxygen atoms in total. The van der Waals surface area contributed by atoms with Gasteiger partial charge in [-0.1, -0.05) is 42.5 Å². The van der Waals surface area contributed by atoms with Gasteiger partial charge in [0.1, 0.15) is 11.5 Å². The molecule has 2 atom stereocenters. The Morgan fingerprint density at radius 1 is 1.05 bits per heavy atom. The molecule has 3 aromatic rings. The lowest BCUT2D eigenvalue weighted by atomic mass is 9.82. The summed E-state index contributed by atoms with van der Waals surface area (Å²) in [7, 11) is 1.62. The zero-order chi connectivity index (χ0) is 26.4. The van der Waals surface area contributed by atoms with Crippen molar-refractivity contribution >= 4 is 11.8 Å². The summed E-state index contributed by atoms with van der Waals surface area (Å²) in [4.78, 5) is 19.0. The van der Waals surface area contributed by atoms with Gasteiger partial charge >= 0.3 is 0 Å². The fraction of sp³-hybridized carbons (Fsp3) is 0.333. The molecule has 0 radical (unpaired) electrons. The predicted molar refractivity (Wildman–Crippen MR) is 144 cm³/mol. The third-order valence-electron chi connectivity index (χ3n) is 6.71. The third-order valence-corrected chi connectivity index (χ3v) is 6.71. The molecule has 1 aliphatic heterocycles. The number of ether oxygens (including phenoxy) is 3. The summed E-state index contributed by atoms with van der Waals surface area (Å²) < 4.78 is 17.7. The number of amides is 1. The van der Waals surface area contributed by atoms with Crippen LogP contribution in [0.5, 0.6) is 11.5 Å². The SMILES string of the molecule is COc1cccc([C@@H]2OC(c3ccc(OCCCO)cc3)=N[C@]2(Cc2ccccc2)C(=O)NNC2CC2)c1. The lowest BCUT2D eigenvalue weighted by molar-refractivity contribution is -0.130. The Hall–Kier alpha value is -3.88. The van der Waals surface area contributed by atoms with Gasteiger partial charge in [0.05, 0.1) is 13.7 Å². The van der Waals surface area contributed by atoms with Gasteiger partial charge in [-0.25, -0.2) is 10.4 Å². The molecule has 1 aliphatic carbocycles. The number of nitrogens with zero attached hydrogens (tertiary/aromatic N) is 1. The van der Waals surface area contributed by atoms with Crippen molar-refractivity contribution in [2.45, 2.75) is 43.4 Å². The molecular weight excluding hydrogens is 482 g/mol. The molecule has 0 aromatic heterocycles. The summed E-state index contributed by atoms with van der Waals surface area (Å²) in [6.07, 6.45) is 2.28. The molecule has 5 rings (SSSR count). The second kappa shape index (κ2) is 11.7. The Labute approximate surface area is 222 Å². The number of benzene rings is 3. The Morgan fingerprint density at radius 2 is 1.84 bits per heavy atom. The van der Waals surface area contributed by atoms with E-state index in [1.807, 2.05) is 78.9 Å². The first-order valence-electron chi connectivity index (χ1n) is 13.0. The molecule has 2 aliphatic rings. The second-order valence-corrected chi connectivity index (χ2v) is 9.60. The first kappa shape index (κ1) is 25.8. The van der Waals surface area contributed by atoms with Crippen molar-refractivity contribution in [3.8, 4) is 11.5 Å². The van der Waals surface area contributed by atoms with Crippen molar-refractivity contribution < 1.29 is 24.1 Å². The Bertz CT molecular complexity index is 1260. The highest BCUT2D eigenvalue weighted by Gasteiger charge is 2.53. The maximum atomic E-state index is 14.0. The molecule has 3 aromatic carbocycles. The van der Waals surface area contributed by atoms with E-state index in [2.05, 4.69) is 10.9 Å². The van der Waals surface area contributed by atoms with Crippen LogP contribution in [-0.4, -0.2) is 48.8 Å². The largest absolute Gasteiger partial charge is 0.497 e. The normalized spacial score (nSPS) is 20.4. The molecule has 1 fully saturated rings. The number of hydrogen-bond acceptors (Lipinski definition) is 7. The fourth-order valence-corrected chi connectivity index (χ4v) is 4.50. The van der Waals surface area contributed by atoms with Gasteiger partial charge < -0.3 is 19.3 Å². The van der Waals surface area contributed by atoms with E-state index in [0.29, 0.717) is 36.8 Å². The van der Waals surface area contributed by atoms with Crippen molar-refractivity contribution in [1.29, 1.82) is 0 Å². The van der Waals surface area contributed by atoms with Gasteiger partial charge in [-0.3, -0.25) is 10.2 Å². The topological polar surface area (TPSA) is 101 Å². The molecule has 198 valence electrons. The average Bonchev–Trinajstić information content (AvgIpc) is 3.72. The summed E-state index contributed by atoms with van der Waals surface area (Å²) in [5, 5.41) is 9.00. The zero-order valence-electron chi connectivity index (χ0n) is 21.4. The highest BCUT2D eigenvalue weighted by molar-refractivity contribution is 6.01. The third kappa shape index (κ3) is 5.82. The van der Waals surface area contributed by atoms with Gasteiger partial charge in [-0.15, -0.1) is 0 Å². The van der Waals surface area contributed by atoms with Crippen LogP contribution in [0.1, 0.15) is 42.1 Å². The van der Waals surface area contributed by atoms with Crippen LogP contribution < -0.4 is 20.3 Å². The lowest BCUT2D eigenvalue weighted by Crippen LogP contribution is -2.54. The van der Waals surface area contributed by atoms with Gasteiger partial charge in [-0.2, -0.15) is 0 Å². The molecule has 0 unspecified atom stereocenters. The summed E-state index contributed by atoms with van der Waals surface area (Å²) in [5.74, 6) is 1.50. The minimum Gasteiger partial charge on any atom is -0.497 e. The molecule has 8 heteroatoms. The number of carbonyl (C=O) groups excluding carboxylic acids is 1. The molecule has 0 bridgehead atoms. The molecule has 1 heterocycles. The number of aliphatic imine (C=N–C) groups is 1. The van der Waals surface area contributed by atoms with Crippen LogP contribution in [0.3, 0.4) is 0 Å². The van der Waals surface area contributed by atoms with Crippen LogP contribution in [0.4, 0.5) is 0 Å². The van der Waals surface area contributed by atoms with Crippen LogP contribution in [0.15, 0.2) is 83.9 Å². The van der Waals surface area contributed by atoms with E-state index in [4.69, 9.17) is 24.3 Å². The maximum absolute atomic E-state index is 14.0. The quantitative estimate of drug-likeness (QED) is 0.251. The van der Waals surface area contributed by atoms with Crippen molar-refractivity contribution in [2.24, 2.45) is 4.99 Å². The van der Waals surface area contributed by atoms with E-state index in [9.17, 15) is 4.79 Å². The second-order valence-electron chi connectivity index (χ2n) is 9.60. The van der Waals surface area contributed by atoms with Crippen molar-refractivity contribution in [3.05, 3.63) is 95.6 Å². The zero-order valence-corrected chi connectivity index (χ0v) is 21.4. The summed E-state index contributed by atoms with van der Waals surface area (Å²) in [6.45, 7) is 0.509. The highest BCUT2D eigenvalue weighted by atomic mass is 16.5. The average molecular weight is 516 g/mol. The molecule has 0 spiro atoms. The predicted octanol–water partition coefficient (Wildman–Crippen LogP) is 3.74. The first-order valence-corrected chi connectivity index (χ1v) is 13.0. The maximum Gasteiger partial charge on any atom is 0.266 e. The van der Waals surface area contributed by atoms with E-state index in [0.717, 1.165) is 29.5 Å². The summed E-state index contributed by atoms with van der Waals surface area (Å²) >= 11 is 0. The first-order chi connectivity index (χ1) is 18.6. The summed E-state index contributed by atoms with van der Waals surface area (Å²) in [6, 6.07) is 25.1. The number of methoxy groups -OCH3 is 1. The lowest BCUT2D eigenvalue weighted by Gasteiger charge is -2.31. The van der Waals surface area contributed by atoms with E-state index in [1.54, 1.807) is 7.11 Å². The van der Waals surface area contributed by atoms with Gasteiger partial charge in [-0.05, 0) is 60.4 Å². The number of carbonyl (C=O) groups is 1. The van der Waals surface area contributed by atoms with Gasteiger partial charge in [0.25, 0.3) is 5.91 Å². The molecule has 3 N–H and O–H groups in total. The van der Waals surface area contributed by atoms with E-state index >= 15 is 0 Å². The van der Waals surface area contributed by atoms with E-state index < -0.39 is 11.6 Å². The van der Waals surface area contributed by atoms with E-state index in [-0.39, 0.29) is 18.6 Å². The van der Waals surface area contributed by atoms with Crippen molar-refractivity contribution in [1.82, 2.24) is 10.9 Å². The number of hydrazine groups is 1. The number of hydrogen-bond donors (Lipinski definition) is 3. The fourth-order valence-electron chi connectivity index (χ4n) is 4.50. The Morgan fingerprint density at radius 3 is 2.55 bits per heavy atom. The number of rotatable bonds is 12. The highest BCUT2D eigenvalue weighted by Crippen LogP contribution is 2.43. The van der Waals surface area contributed by atoms with Crippen molar-refractivity contribution in [3.63, 3.8) is 0 Å². The van der Waals surface area contributed by atoms with Crippen LogP contribution in [0.25, 0.3) is 0 Å². The minimum absolute atomic E-state index is 0.0789. The van der Waals surface area contributed by atoms with Gasteiger partial charge in [0.2, 0.25) is 5.90 Å². The Balaban J connectivity index is 1.54. The molecule has 38 heavy (non-hydrogen) atoms. The smallest absolute Gasteiger partial charge is 0.266 e. The number of aliphatic hydroxyl groups is 1. The van der Waals surface area contributed by atoms with Crippen LogP contribution in [-0.2, 0) is 16.0 Å². The molecular formula is C30H33N3O5. The van der Waals surface area contributed by atoms with Gasteiger partial charge in [0.15, 0.2) is 11.6 Å². The Kier molecular flexibility index (Phi) is 7.91. The molecule has 0 saturated heterocycles. The van der Waals surface area contributed by atoms with Crippen LogP contribution in [0, 0.1) is 0 Å². The number of nitrogens with one attached hydrogen (secondary N) is 2. The van der Waals surface area contributed by atoms with Crippen LogP contribution >= 0.6 is 0 Å². The molecule has 1 saturated carbocycles. The van der Waals surface area contributed by atoms with Gasteiger partial charge in [0, 0.05) is 31.1 Å². The summed E-state index contributed by atoms with van der Waals surface area (Å²) in [5.41, 5.74) is 7.33. The minimum atomic E-state index is -1.26. The van der Waals surface area contributed by atoms with Crippen LogP contribution in [0.2, 0.25) is 0 Å².